The lowest BCUT2D eigenvalue weighted by Crippen LogP contribution is -2.16. The first-order valence-electron chi connectivity index (χ1n) is 4.77. The van der Waals surface area contributed by atoms with E-state index in [2.05, 4.69) is 15.9 Å². The van der Waals surface area contributed by atoms with Crippen LogP contribution in [0.5, 0.6) is 5.75 Å². The Morgan fingerprint density at radius 2 is 2.12 bits per heavy atom. The quantitative estimate of drug-likeness (QED) is 0.770. The number of rotatable bonds is 5. The van der Waals surface area contributed by atoms with E-state index in [4.69, 9.17) is 15.4 Å². The maximum absolute atomic E-state index is 13.0. The first-order chi connectivity index (χ1) is 7.76. The third-order valence-corrected chi connectivity index (χ3v) is 3.66. The first-order valence-corrected chi connectivity index (χ1v) is 8.04. The highest BCUT2D eigenvalue weighted by atomic mass is 79.9. The summed E-state index contributed by atoms with van der Waals surface area (Å²) in [6, 6.07) is 4.14. The van der Waals surface area contributed by atoms with E-state index in [-0.39, 0.29) is 18.3 Å². The molecule has 1 rings (SSSR count). The van der Waals surface area contributed by atoms with Crippen molar-refractivity contribution in [2.75, 3.05) is 12.4 Å². The molecule has 1 atom stereocenters. The van der Waals surface area contributed by atoms with Crippen LogP contribution in [-0.4, -0.2) is 20.8 Å². The van der Waals surface area contributed by atoms with E-state index in [1.165, 1.54) is 12.1 Å². The lowest BCUT2D eigenvalue weighted by atomic mass is 10.2. The zero-order valence-electron chi connectivity index (χ0n) is 8.99. The molecule has 0 heterocycles. The fourth-order valence-electron chi connectivity index (χ4n) is 1.24. The van der Waals surface area contributed by atoms with E-state index < -0.39 is 14.9 Å². The van der Waals surface area contributed by atoms with Crippen LogP contribution in [0.3, 0.4) is 0 Å². The van der Waals surface area contributed by atoms with E-state index >= 15 is 0 Å². The number of hydrogen-bond donors (Lipinski definition) is 0. The van der Waals surface area contributed by atoms with Crippen LogP contribution < -0.4 is 4.74 Å². The van der Waals surface area contributed by atoms with Gasteiger partial charge < -0.3 is 4.74 Å². The highest BCUT2D eigenvalue weighted by molar-refractivity contribution is 9.10. The van der Waals surface area contributed by atoms with Gasteiger partial charge in [-0.05, 0) is 12.1 Å². The summed E-state index contributed by atoms with van der Waals surface area (Å²) < 4.78 is 40.4. The minimum Gasteiger partial charge on any atom is -0.493 e. The van der Waals surface area contributed by atoms with Crippen molar-refractivity contribution in [3.05, 3.63) is 28.5 Å². The Labute approximate surface area is 112 Å². The second kappa shape index (κ2) is 6.02. The topological polar surface area (TPSA) is 43.4 Å². The van der Waals surface area contributed by atoms with Gasteiger partial charge >= 0.3 is 0 Å². The van der Waals surface area contributed by atoms with Gasteiger partial charge in [0.25, 0.3) is 0 Å². The number of ether oxygens (including phenoxy) is 1. The van der Waals surface area contributed by atoms with Crippen LogP contribution >= 0.6 is 26.6 Å². The molecule has 0 N–H and O–H groups in total. The van der Waals surface area contributed by atoms with Crippen LogP contribution in [-0.2, 0) is 9.05 Å². The molecular weight excluding hydrogens is 335 g/mol. The molecule has 0 radical (unpaired) electrons. The van der Waals surface area contributed by atoms with E-state index in [1.807, 2.05) is 0 Å². The number of halogens is 3. The van der Waals surface area contributed by atoms with Crippen LogP contribution in [0.4, 0.5) is 4.39 Å². The zero-order chi connectivity index (χ0) is 13.1. The monoisotopic (exact) mass is 344 g/mol. The second-order valence-corrected chi connectivity index (χ2v) is 7.46. The van der Waals surface area contributed by atoms with Gasteiger partial charge in [-0.2, -0.15) is 0 Å². The largest absolute Gasteiger partial charge is 0.493 e. The maximum atomic E-state index is 13.0. The Kier molecular flexibility index (Phi) is 5.22. The summed E-state index contributed by atoms with van der Waals surface area (Å²) in [5, 5.41) is 0. The zero-order valence-corrected chi connectivity index (χ0v) is 12.1. The van der Waals surface area contributed by atoms with Crippen molar-refractivity contribution in [3.63, 3.8) is 0 Å². The Balaban J connectivity index is 2.55. The van der Waals surface area contributed by atoms with Gasteiger partial charge in [-0.15, -0.1) is 0 Å². The summed E-state index contributed by atoms with van der Waals surface area (Å²) in [5.41, 5.74) is 0. The van der Waals surface area contributed by atoms with Gasteiger partial charge in [0.05, 0.1) is 12.4 Å². The summed E-state index contributed by atoms with van der Waals surface area (Å²) in [6.07, 6.45) is 0. The Morgan fingerprint density at radius 3 is 2.65 bits per heavy atom. The lowest BCUT2D eigenvalue weighted by Gasteiger charge is -2.11. The predicted molar refractivity (Wildman–Crippen MR) is 68.4 cm³/mol. The van der Waals surface area contributed by atoms with E-state index in [9.17, 15) is 12.8 Å². The van der Waals surface area contributed by atoms with Crippen LogP contribution in [0.25, 0.3) is 0 Å². The molecule has 1 aromatic carbocycles. The molecule has 1 aromatic rings. The lowest BCUT2D eigenvalue weighted by molar-refractivity contribution is 0.271. The summed E-state index contributed by atoms with van der Waals surface area (Å²) in [4.78, 5) is 0. The maximum Gasteiger partial charge on any atom is 0.232 e. The van der Waals surface area contributed by atoms with E-state index in [0.717, 1.165) is 0 Å². The predicted octanol–water partition coefficient (Wildman–Crippen LogP) is 3.17. The average Bonchev–Trinajstić information content (AvgIpc) is 2.10. The van der Waals surface area contributed by atoms with Crippen LogP contribution in [0.15, 0.2) is 22.7 Å². The average molecular weight is 346 g/mol. The van der Waals surface area contributed by atoms with Crippen molar-refractivity contribution in [1.82, 2.24) is 0 Å². The van der Waals surface area contributed by atoms with Crippen molar-refractivity contribution in [3.8, 4) is 5.75 Å². The molecule has 0 aliphatic rings. The van der Waals surface area contributed by atoms with Gasteiger partial charge in [-0.3, -0.25) is 0 Å². The SMILES string of the molecule is CC(COc1cc(F)cc(Br)c1)CS(=O)(=O)Cl. The normalized spacial score (nSPS) is 13.4. The first kappa shape index (κ1) is 14.7. The minimum atomic E-state index is -3.54. The molecule has 17 heavy (non-hydrogen) atoms. The smallest absolute Gasteiger partial charge is 0.232 e. The number of hydrogen-bond acceptors (Lipinski definition) is 3. The number of benzene rings is 1. The molecular formula is C10H11BrClFO3S. The molecule has 0 aliphatic carbocycles. The van der Waals surface area contributed by atoms with Gasteiger partial charge in [0.1, 0.15) is 11.6 Å². The van der Waals surface area contributed by atoms with E-state index in [0.29, 0.717) is 10.2 Å². The summed E-state index contributed by atoms with van der Waals surface area (Å²) in [6.45, 7) is 1.84. The second-order valence-electron chi connectivity index (χ2n) is 3.73. The molecule has 0 saturated heterocycles. The summed E-state index contributed by atoms with van der Waals surface area (Å²) in [5.74, 6) is -0.521. The molecule has 0 spiro atoms. The third-order valence-electron chi connectivity index (χ3n) is 1.85. The minimum absolute atomic E-state index is 0.155. The van der Waals surface area contributed by atoms with Gasteiger partial charge in [0.15, 0.2) is 0 Å². The van der Waals surface area contributed by atoms with Gasteiger partial charge in [-0.1, -0.05) is 22.9 Å². The molecule has 7 heteroatoms. The van der Waals surface area contributed by atoms with Crippen LogP contribution in [0.1, 0.15) is 6.92 Å². The van der Waals surface area contributed by atoms with Crippen molar-refractivity contribution < 1.29 is 17.5 Å². The highest BCUT2D eigenvalue weighted by Crippen LogP contribution is 2.21. The summed E-state index contributed by atoms with van der Waals surface area (Å²) >= 11 is 3.13. The van der Waals surface area contributed by atoms with Gasteiger partial charge in [0, 0.05) is 27.1 Å². The molecule has 0 saturated carbocycles. The molecule has 96 valence electrons. The molecule has 0 aliphatic heterocycles. The fraction of sp³-hybridized carbons (Fsp3) is 0.400. The summed E-state index contributed by atoms with van der Waals surface area (Å²) in [7, 11) is 1.57. The Bertz CT molecular complexity index is 472. The Morgan fingerprint density at radius 1 is 1.47 bits per heavy atom. The molecule has 3 nitrogen and oxygen atoms in total. The van der Waals surface area contributed by atoms with Crippen LogP contribution in [0.2, 0.25) is 0 Å². The van der Waals surface area contributed by atoms with Crippen molar-refractivity contribution >= 4 is 35.7 Å². The van der Waals surface area contributed by atoms with Crippen molar-refractivity contribution in [1.29, 1.82) is 0 Å². The Hall–Kier alpha value is -0.330. The molecule has 0 fully saturated rings. The standard InChI is InChI=1S/C10H11BrClFO3S/c1-7(6-17(12,14)15)5-16-10-3-8(11)2-9(13)4-10/h2-4,7H,5-6H2,1H3. The van der Waals surface area contributed by atoms with Gasteiger partial charge in [0.2, 0.25) is 9.05 Å². The van der Waals surface area contributed by atoms with Gasteiger partial charge in [-0.25, -0.2) is 12.8 Å². The molecule has 1 unspecified atom stereocenters. The van der Waals surface area contributed by atoms with Crippen molar-refractivity contribution in [2.24, 2.45) is 5.92 Å². The molecule has 0 aromatic heterocycles. The van der Waals surface area contributed by atoms with Crippen LogP contribution in [0, 0.1) is 11.7 Å². The third kappa shape index (κ3) is 6.24. The molecule has 0 bridgehead atoms. The highest BCUT2D eigenvalue weighted by Gasteiger charge is 2.13. The van der Waals surface area contributed by atoms with E-state index in [1.54, 1.807) is 13.0 Å². The fourth-order valence-corrected chi connectivity index (χ4v) is 3.10. The molecule has 0 amide bonds. The van der Waals surface area contributed by atoms with Crippen molar-refractivity contribution in [2.45, 2.75) is 6.92 Å².